The van der Waals surface area contributed by atoms with Gasteiger partial charge >= 0.3 is 0 Å². The van der Waals surface area contributed by atoms with E-state index in [0.29, 0.717) is 12.1 Å². The van der Waals surface area contributed by atoms with Crippen LogP contribution < -0.4 is 5.56 Å². The number of unbranched alkanes of at least 4 members (excludes halogenated alkanes) is 1. The molecule has 0 aliphatic carbocycles. The lowest BCUT2D eigenvalue weighted by Gasteiger charge is -2.12. The van der Waals surface area contributed by atoms with Crippen LogP contribution in [0.3, 0.4) is 0 Å². The second-order valence-corrected chi connectivity index (χ2v) is 5.27. The van der Waals surface area contributed by atoms with E-state index in [4.69, 9.17) is 0 Å². The lowest BCUT2D eigenvalue weighted by atomic mass is 10.1. The minimum absolute atomic E-state index is 0.00115. The molecule has 0 unspecified atom stereocenters. The van der Waals surface area contributed by atoms with Crippen molar-refractivity contribution in [3.63, 3.8) is 0 Å². The summed E-state index contributed by atoms with van der Waals surface area (Å²) in [4.78, 5) is 12.5. The first-order valence-electron chi connectivity index (χ1n) is 7.53. The van der Waals surface area contributed by atoms with Gasteiger partial charge in [0.1, 0.15) is 17.4 Å². The highest BCUT2D eigenvalue weighted by Gasteiger charge is 2.18. The molecule has 0 fully saturated rings. The van der Waals surface area contributed by atoms with Gasteiger partial charge in [-0.25, -0.2) is 4.39 Å². The third-order valence-electron chi connectivity index (χ3n) is 3.60. The maximum absolute atomic E-state index is 12.9. The molecule has 6 nitrogen and oxygen atoms in total. The Morgan fingerprint density at radius 1 is 1.29 bits per heavy atom. The number of pyridine rings is 1. The Bertz CT molecular complexity index is 864. The summed E-state index contributed by atoms with van der Waals surface area (Å²) >= 11 is 0. The van der Waals surface area contributed by atoms with Gasteiger partial charge in [-0.15, -0.1) is 5.11 Å². The van der Waals surface area contributed by atoms with Gasteiger partial charge in [0, 0.05) is 12.1 Å². The first kappa shape index (κ1) is 17.3. The highest BCUT2D eigenvalue weighted by molar-refractivity contribution is 5.56. The van der Waals surface area contributed by atoms with Crippen molar-refractivity contribution in [2.45, 2.75) is 33.2 Å². The van der Waals surface area contributed by atoms with Crippen molar-refractivity contribution < 1.29 is 9.50 Å². The summed E-state index contributed by atoms with van der Waals surface area (Å²) in [6.45, 7) is 3.77. The first-order chi connectivity index (χ1) is 11.5. The highest BCUT2D eigenvalue weighted by Crippen LogP contribution is 2.27. The zero-order valence-electron chi connectivity index (χ0n) is 13.5. The topological polar surface area (TPSA) is 90.7 Å². The van der Waals surface area contributed by atoms with Crippen molar-refractivity contribution in [2.24, 2.45) is 10.2 Å². The molecule has 0 saturated heterocycles. The van der Waals surface area contributed by atoms with E-state index in [2.05, 4.69) is 10.2 Å². The summed E-state index contributed by atoms with van der Waals surface area (Å²) in [6.07, 6.45) is 1.50. The molecule has 0 radical (unpaired) electrons. The fourth-order valence-corrected chi connectivity index (χ4v) is 2.20. The minimum atomic E-state index is -0.511. The number of aromatic nitrogens is 1. The molecular weight excluding hydrogens is 311 g/mol. The van der Waals surface area contributed by atoms with Gasteiger partial charge < -0.3 is 5.11 Å². The highest BCUT2D eigenvalue weighted by atomic mass is 19.1. The summed E-state index contributed by atoms with van der Waals surface area (Å²) in [7, 11) is 0. The fourth-order valence-electron chi connectivity index (χ4n) is 2.20. The molecule has 124 valence electrons. The van der Waals surface area contributed by atoms with E-state index in [-0.39, 0.29) is 29.2 Å². The number of azo groups is 1. The molecule has 0 bridgehead atoms. The molecule has 0 saturated carbocycles. The number of hydrogen-bond donors (Lipinski definition) is 1. The zero-order chi connectivity index (χ0) is 17.7. The molecule has 1 aromatic heterocycles. The van der Waals surface area contributed by atoms with E-state index in [1.807, 2.05) is 13.0 Å². The largest absolute Gasteiger partial charge is 0.493 e. The Hall–Kier alpha value is -3.01. The van der Waals surface area contributed by atoms with Gasteiger partial charge in [-0.3, -0.25) is 9.36 Å². The standard InChI is InChI=1S/C17H17FN4O2/c1-3-4-9-22-16(23)14(10-19)11(2)15(17(22)24)21-20-13-7-5-12(18)6-8-13/h5-8,23H,3-4,9H2,1-2H3. The summed E-state index contributed by atoms with van der Waals surface area (Å²) in [5.74, 6) is -0.752. The predicted octanol–water partition coefficient (Wildman–Crippen LogP) is 4.09. The van der Waals surface area contributed by atoms with Crippen LogP contribution in [0.4, 0.5) is 15.8 Å². The van der Waals surface area contributed by atoms with Crippen LogP contribution in [0.1, 0.15) is 30.9 Å². The Morgan fingerprint density at radius 3 is 2.54 bits per heavy atom. The minimum Gasteiger partial charge on any atom is -0.493 e. The molecule has 24 heavy (non-hydrogen) atoms. The maximum atomic E-state index is 12.9. The molecule has 1 heterocycles. The number of hydrogen-bond acceptors (Lipinski definition) is 5. The van der Waals surface area contributed by atoms with Gasteiger partial charge in [0.25, 0.3) is 5.56 Å². The van der Waals surface area contributed by atoms with Crippen LogP contribution >= 0.6 is 0 Å². The maximum Gasteiger partial charge on any atom is 0.281 e. The van der Waals surface area contributed by atoms with Crippen LogP contribution in [0.5, 0.6) is 5.88 Å². The van der Waals surface area contributed by atoms with Crippen LogP contribution in [-0.2, 0) is 6.54 Å². The molecule has 0 amide bonds. The van der Waals surface area contributed by atoms with Gasteiger partial charge in [-0.05, 0) is 37.6 Å². The molecule has 0 aliphatic heterocycles. The molecule has 7 heteroatoms. The fraction of sp³-hybridized carbons (Fsp3) is 0.294. The van der Waals surface area contributed by atoms with Gasteiger partial charge in [0.15, 0.2) is 5.69 Å². The third kappa shape index (κ3) is 3.49. The second-order valence-electron chi connectivity index (χ2n) is 5.27. The monoisotopic (exact) mass is 328 g/mol. The average molecular weight is 328 g/mol. The number of rotatable bonds is 5. The molecule has 2 aromatic rings. The Morgan fingerprint density at radius 2 is 1.96 bits per heavy atom. The van der Waals surface area contributed by atoms with Gasteiger partial charge in [0.05, 0.1) is 5.69 Å². The quantitative estimate of drug-likeness (QED) is 0.838. The van der Waals surface area contributed by atoms with Crippen molar-refractivity contribution in [3.8, 4) is 11.9 Å². The van der Waals surface area contributed by atoms with Crippen LogP contribution in [-0.4, -0.2) is 9.67 Å². The molecular formula is C17H17FN4O2. The first-order valence-corrected chi connectivity index (χ1v) is 7.53. The molecule has 1 aromatic carbocycles. The van der Waals surface area contributed by atoms with Crippen molar-refractivity contribution >= 4 is 11.4 Å². The van der Waals surface area contributed by atoms with E-state index in [0.717, 1.165) is 11.0 Å². The SMILES string of the molecule is CCCCn1c(O)c(C#N)c(C)c(N=Nc2ccc(F)cc2)c1=O. The van der Waals surface area contributed by atoms with E-state index in [9.17, 15) is 19.6 Å². The Labute approximate surface area is 138 Å². The van der Waals surface area contributed by atoms with Crippen molar-refractivity contribution in [1.29, 1.82) is 5.26 Å². The van der Waals surface area contributed by atoms with Crippen molar-refractivity contribution in [2.75, 3.05) is 0 Å². The number of nitriles is 1. The zero-order valence-corrected chi connectivity index (χ0v) is 13.5. The van der Waals surface area contributed by atoms with E-state index in [1.54, 1.807) is 0 Å². The van der Waals surface area contributed by atoms with Crippen LogP contribution in [0, 0.1) is 24.1 Å². The van der Waals surface area contributed by atoms with E-state index >= 15 is 0 Å². The lowest BCUT2D eigenvalue weighted by molar-refractivity contribution is 0.399. The van der Waals surface area contributed by atoms with Gasteiger partial charge in [-0.2, -0.15) is 10.4 Å². The second kappa shape index (κ2) is 7.51. The third-order valence-corrected chi connectivity index (χ3v) is 3.60. The van der Waals surface area contributed by atoms with Crippen LogP contribution in [0.15, 0.2) is 39.3 Å². The lowest BCUT2D eigenvalue weighted by Crippen LogP contribution is -2.22. The molecule has 0 aliphatic rings. The Balaban J connectivity index is 2.54. The Kier molecular flexibility index (Phi) is 5.42. The number of aromatic hydroxyl groups is 1. The molecule has 2 rings (SSSR count). The van der Waals surface area contributed by atoms with Crippen molar-refractivity contribution in [1.82, 2.24) is 4.57 Å². The molecule has 0 atom stereocenters. The molecule has 0 spiro atoms. The smallest absolute Gasteiger partial charge is 0.281 e. The summed E-state index contributed by atoms with van der Waals surface area (Å²) in [5.41, 5.74) is 0.118. The summed E-state index contributed by atoms with van der Waals surface area (Å²) in [5, 5.41) is 27.2. The van der Waals surface area contributed by atoms with Crippen LogP contribution in [0.25, 0.3) is 0 Å². The van der Waals surface area contributed by atoms with Gasteiger partial charge in [0.2, 0.25) is 5.88 Å². The van der Waals surface area contributed by atoms with Crippen molar-refractivity contribution in [3.05, 3.63) is 51.6 Å². The normalized spacial score (nSPS) is 10.9. The average Bonchev–Trinajstić information content (AvgIpc) is 2.57. The summed E-state index contributed by atoms with van der Waals surface area (Å²) in [6, 6.07) is 7.21. The number of nitrogens with zero attached hydrogens (tertiary/aromatic N) is 4. The summed E-state index contributed by atoms with van der Waals surface area (Å²) < 4.78 is 14.0. The van der Waals surface area contributed by atoms with E-state index < -0.39 is 11.4 Å². The predicted molar refractivity (Wildman–Crippen MR) is 87.3 cm³/mol. The van der Waals surface area contributed by atoms with Gasteiger partial charge in [-0.1, -0.05) is 13.3 Å². The molecule has 1 N–H and O–H groups in total. The van der Waals surface area contributed by atoms with E-state index in [1.165, 1.54) is 31.2 Å². The number of benzene rings is 1. The number of halogens is 1. The van der Waals surface area contributed by atoms with Crippen LogP contribution in [0.2, 0.25) is 0 Å².